The van der Waals surface area contributed by atoms with Crippen LogP contribution in [0.25, 0.3) is 38.5 Å². The molecule has 0 bridgehead atoms. The molecular weight excluding hydrogens is 378 g/mol. The highest BCUT2D eigenvalue weighted by Crippen LogP contribution is 2.31. The first-order chi connectivity index (χ1) is 13.6. The number of pyridine rings is 3. The maximum atomic E-state index is 12.3. The molecule has 0 aromatic carbocycles. The average Bonchev–Trinajstić information content (AvgIpc) is 3.37. The number of aromatic amines is 1. The molecule has 5 aromatic rings. The van der Waals surface area contributed by atoms with Crippen molar-refractivity contribution in [3.05, 3.63) is 82.0 Å². The van der Waals surface area contributed by atoms with Gasteiger partial charge in [-0.25, -0.2) is 19.5 Å². The molecule has 0 amide bonds. The second kappa shape index (κ2) is 6.04. The van der Waals surface area contributed by atoms with Crippen molar-refractivity contribution in [2.45, 2.75) is 0 Å². The summed E-state index contributed by atoms with van der Waals surface area (Å²) in [6, 6.07) is 4.97. The van der Waals surface area contributed by atoms with Gasteiger partial charge in [-0.05, 0) is 12.1 Å². The van der Waals surface area contributed by atoms with E-state index in [4.69, 9.17) is 18.2 Å². The van der Waals surface area contributed by atoms with E-state index in [0.717, 1.165) is 5.56 Å². The van der Waals surface area contributed by atoms with Crippen LogP contribution in [0.5, 0.6) is 0 Å². The minimum atomic E-state index is -0.147. The van der Waals surface area contributed by atoms with Crippen molar-refractivity contribution in [2.24, 2.45) is 0 Å². The zero-order valence-corrected chi connectivity index (χ0v) is 14.9. The number of H-pyrrole nitrogens is 1. The van der Waals surface area contributed by atoms with Gasteiger partial charge < -0.3 is 9.38 Å². The van der Waals surface area contributed by atoms with Gasteiger partial charge in [0.2, 0.25) is 5.69 Å². The number of halogens is 1. The third-order valence-corrected chi connectivity index (χ3v) is 4.67. The first-order valence-electron chi connectivity index (χ1n) is 8.21. The van der Waals surface area contributed by atoms with Crippen LogP contribution in [0.3, 0.4) is 0 Å². The average molecular weight is 388 g/mol. The Kier molecular flexibility index (Phi) is 3.50. The van der Waals surface area contributed by atoms with E-state index in [-0.39, 0.29) is 5.43 Å². The summed E-state index contributed by atoms with van der Waals surface area (Å²) < 4.78 is 3.31. The Morgan fingerprint density at radius 2 is 2.14 bits per heavy atom. The van der Waals surface area contributed by atoms with Gasteiger partial charge in [0.1, 0.15) is 5.65 Å². The van der Waals surface area contributed by atoms with Gasteiger partial charge in [0, 0.05) is 48.2 Å². The van der Waals surface area contributed by atoms with Gasteiger partial charge in [0.15, 0.2) is 16.9 Å². The second-order valence-electron chi connectivity index (χ2n) is 6.09. The van der Waals surface area contributed by atoms with E-state index in [1.807, 2.05) is 6.20 Å². The van der Waals surface area contributed by atoms with Crippen molar-refractivity contribution in [2.75, 3.05) is 0 Å². The van der Waals surface area contributed by atoms with Crippen LogP contribution in [-0.4, -0.2) is 29.1 Å². The molecular formula is C19H10ClN7O. The molecule has 0 aliphatic rings. The molecule has 0 atom stereocenters. The molecule has 0 spiro atoms. The lowest BCUT2D eigenvalue weighted by molar-refractivity contribution is 0.852. The van der Waals surface area contributed by atoms with Crippen LogP contribution < -0.4 is 5.43 Å². The van der Waals surface area contributed by atoms with Crippen molar-refractivity contribution < 1.29 is 0 Å². The number of fused-ring (bicyclic) bond motifs is 2. The fourth-order valence-electron chi connectivity index (χ4n) is 3.10. The number of nitrogens with zero attached hydrogens (tertiary/aromatic N) is 6. The number of imidazole rings is 1. The van der Waals surface area contributed by atoms with Crippen LogP contribution in [0.2, 0.25) is 5.02 Å². The Bertz CT molecular complexity index is 1470. The van der Waals surface area contributed by atoms with Gasteiger partial charge in [-0.2, -0.15) is 5.10 Å². The maximum Gasteiger partial charge on any atom is 0.224 e. The maximum absolute atomic E-state index is 12.3. The highest BCUT2D eigenvalue weighted by Gasteiger charge is 2.16. The standard InChI is InChI=1S/C19H10ClN7O/c1-21-12-8-24-27(10-12)18-13(7-14-16(28)2-3-22-17(14)25-18)11-6-15(20)19-23-4-5-26(19)9-11/h2-10H,(H,22,25,28). The van der Waals surface area contributed by atoms with Gasteiger partial charge >= 0.3 is 0 Å². The molecule has 5 rings (SSSR count). The summed E-state index contributed by atoms with van der Waals surface area (Å²) in [6.07, 6.45) is 9.90. The summed E-state index contributed by atoms with van der Waals surface area (Å²) in [5, 5.41) is 5.16. The van der Waals surface area contributed by atoms with Gasteiger partial charge in [0.05, 0.1) is 23.2 Å². The number of hydrogen-bond acceptors (Lipinski definition) is 4. The Balaban J connectivity index is 1.86. The summed E-state index contributed by atoms with van der Waals surface area (Å²) in [4.78, 5) is 27.5. The number of nitrogens with one attached hydrogen (secondary N) is 1. The van der Waals surface area contributed by atoms with Crippen LogP contribution in [0.15, 0.2) is 60.2 Å². The second-order valence-corrected chi connectivity index (χ2v) is 6.49. The molecule has 8 nitrogen and oxygen atoms in total. The summed E-state index contributed by atoms with van der Waals surface area (Å²) in [6.45, 7) is 7.17. The Hall–Kier alpha value is -3.96. The summed E-state index contributed by atoms with van der Waals surface area (Å²) >= 11 is 6.39. The SMILES string of the molecule is [C-]#[N+]c1cnn(-c2nc3[nH]ccc(=O)c3cc2-c2cc(Cl)c3nccn3c2)c1. The molecule has 0 aliphatic carbocycles. The van der Waals surface area contributed by atoms with Gasteiger partial charge in [-0.3, -0.25) is 4.79 Å². The normalized spacial score (nSPS) is 11.1. The first kappa shape index (κ1) is 16.2. The summed E-state index contributed by atoms with van der Waals surface area (Å²) in [5.41, 5.74) is 2.70. The number of hydrogen-bond donors (Lipinski definition) is 1. The van der Waals surface area contributed by atoms with Crippen LogP contribution >= 0.6 is 11.6 Å². The lowest BCUT2D eigenvalue weighted by atomic mass is 10.1. The topological polar surface area (TPSA) is 85.2 Å². The molecule has 134 valence electrons. The van der Waals surface area contributed by atoms with E-state index < -0.39 is 0 Å². The monoisotopic (exact) mass is 387 g/mol. The van der Waals surface area contributed by atoms with Crippen LogP contribution in [0.4, 0.5) is 5.69 Å². The molecule has 1 N–H and O–H groups in total. The first-order valence-corrected chi connectivity index (χ1v) is 8.59. The molecule has 28 heavy (non-hydrogen) atoms. The Morgan fingerprint density at radius 1 is 1.25 bits per heavy atom. The minimum Gasteiger partial charge on any atom is -0.346 e. The molecule has 0 radical (unpaired) electrons. The van der Waals surface area contributed by atoms with Crippen molar-refractivity contribution in [3.8, 4) is 16.9 Å². The highest BCUT2D eigenvalue weighted by molar-refractivity contribution is 6.33. The molecule has 5 heterocycles. The predicted octanol–water partition coefficient (Wildman–Crippen LogP) is 3.63. The fourth-order valence-corrected chi connectivity index (χ4v) is 3.36. The number of aromatic nitrogens is 6. The van der Waals surface area contributed by atoms with E-state index in [9.17, 15) is 4.79 Å². The van der Waals surface area contributed by atoms with Gasteiger partial charge in [0.25, 0.3) is 0 Å². The van der Waals surface area contributed by atoms with E-state index in [1.54, 1.807) is 41.3 Å². The van der Waals surface area contributed by atoms with Crippen molar-refractivity contribution in [1.82, 2.24) is 29.1 Å². The third kappa shape index (κ3) is 2.46. The lowest BCUT2D eigenvalue weighted by Gasteiger charge is -2.12. The van der Waals surface area contributed by atoms with Crippen molar-refractivity contribution in [1.29, 1.82) is 0 Å². The molecule has 0 unspecified atom stereocenters. The van der Waals surface area contributed by atoms with Crippen LogP contribution in [0.1, 0.15) is 0 Å². The van der Waals surface area contributed by atoms with Crippen molar-refractivity contribution >= 4 is 34.0 Å². The fraction of sp³-hybridized carbons (Fsp3) is 0. The number of rotatable bonds is 2. The van der Waals surface area contributed by atoms with E-state index in [1.165, 1.54) is 16.9 Å². The van der Waals surface area contributed by atoms with E-state index >= 15 is 0 Å². The minimum absolute atomic E-state index is 0.147. The summed E-state index contributed by atoms with van der Waals surface area (Å²) in [7, 11) is 0. The van der Waals surface area contributed by atoms with Crippen LogP contribution in [0, 0.1) is 6.57 Å². The van der Waals surface area contributed by atoms with E-state index in [2.05, 4.69) is 24.9 Å². The Labute approximate surface area is 162 Å². The molecule has 9 heteroatoms. The van der Waals surface area contributed by atoms with E-state index in [0.29, 0.717) is 38.8 Å². The third-order valence-electron chi connectivity index (χ3n) is 4.39. The molecule has 0 saturated heterocycles. The Morgan fingerprint density at radius 3 is 2.96 bits per heavy atom. The molecule has 0 saturated carbocycles. The lowest BCUT2D eigenvalue weighted by Crippen LogP contribution is -2.07. The smallest absolute Gasteiger partial charge is 0.224 e. The van der Waals surface area contributed by atoms with Crippen LogP contribution in [-0.2, 0) is 0 Å². The largest absolute Gasteiger partial charge is 0.346 e. The zero-order valence-electron chi connectivity index (χ0n) is 14.2. The molecule has 0 fully saturated rings. The predicted molar refractivity (Wildman–Crippen MR) is 105 cm³/mol. The molecule has 0 aliphatic heterocycles. The summed E-state index contributed by atoms with van der Waals surface area (Å²) in [5.74, 6) is 0.472. The van der Waals surface area contributed by atoms with Gasteiger partial charge in [-0.1, -0.05) is 11.6 Å². The van der Waals surface area contributed by atoms with Gasteiger partial charge in [-0.15, -0.1) is 0 Å². The zero-order chi connectivity index (χ0) is 19.3. The van der Waals surface area contributed by atoms with Crippen molar-refractivity contribution in [3.63, 3.8) is 0 Å². The quantitative estimate of drug-likeness (QED) is 0.469. The highest BCUT2D eigenvalue weighted by atomic mass is 35.5. The molecule has 5 aromatic heterocycles.